The zero-order valence-electron chi connectivity index (χ0n) is 15.9. The molecule has 4 rings (SSSR count). The summed E-state index contributed by atoms with van der Waals surface area (Å²) in [5.74, 6) is 0.319. The Hall–Kier alpha value is -2.93. The lowest BCUT2D eigenvalue weighted by Gasteiger charge is -2.14. The molecule has 2 aromatic heterocycles. The Morgan fingerprint density at radius 3 is 2.78 bits per heavy atom. The maximum Gasteiger partial charge on any atom is 0.278 e. The molecule has 0 saturated heterocycles. The quantitative estimate of drug-likeness (QED) is 0.746. The number of carbonyl (C=O) groups is 1. The van der Waals surface area contributed by atoms with Crippen LogP contribution >= 0.6 is 0 Å². The maximum atomic E-state index is 13.0. The van der Waals surface area contributed by atoms with Gasteiger partial charge in [-0.05, 0) is 13.8 Å². The number of fused-ring (bicyclic) bond motifs is 1. The fourth-order valence-electron chi connectivity index (χ4n) is 3.49. The van der Waals surface area contributed by atoms with Crippen LogP contribution in [0.3, 0.4) is 0 Å². The lowest BCUT2D eigenvalue weighted by atomic mass is 10.1. The van der Waals surface area contributed by atoms with Crippen molar-refractivity contribution in [3.63, 3.8) is 0 Å². The summed E-state index contributed by atoms with van der Waals surface area (Å²) in [5, 5.41) is 10.7. The van der Waals surface area contributed by atoms with Crippen LogP contribution in [-0.4, -0.2) is 31.8 Å². The molecule has 7 heteroatoms. The van der Waals surface area contributed by atoms with Crippen LogP contribution in [0.25, 0.3) is 11.3 Å². The van der Waals surface area contributed by atoms with Gasteiger partial charge >= 0.3 is 0 Å². The Kier molecular flexibility index (Phi) is 4.53. The van der Waals surface area contributed by atoms with E-state index in [2.05, 4.69) is 34.6 Å². The summed E-state index contributed by atoms with van der Waals surface area (Å²) in [5.41, 5.74) is 4.43. The van der Waals surface area contributed by atoms with Crippen LogP contribution in [0.15, 0.2) is 36.5 Å². The van der Waals surface area contributed by atoms with E-state index in [1.54, 1.807) is 0 Å². The smallest absolute Gasteiger partial charge is 0.278 e. The van der Waals surface area contributed by atoms with Gasteiger partial charge in [0.15, 0.2) is 5.69 Å². The molecule has 0 atom stereocenters. The number of aromatic nitrogens is 4. The second-order valence-corrected chi connectivity index (χ2v) is 7.10. The van der Waals surface area contributed by atoms with E-state index < -0.39 is 0 Å². The molecule has 1 aliphatic heterocycles. The number of imidazole rings is 1. The third-order valence-electron chi connectivity index (χ3n) is 4.91. The SMILES string of the molecule is CC(C)n1cc(-c2ccccc2)nc1NC(=O)c1nn(C)c2c1CNCC2. The Bertz CT molecular complexity index is 970. The Morgan fingerprint density at radius 1 is 1.26 bits per heavy atom. The number of nitrogens with zero attached hydrogens (tertiary/aromatic N) is 4. The van der Waals surface area contributed by atoms with Crippen LogP contribution in [0.5, 0.6) is 0 Å². The zero-order chi connectivity index (χ0) is 19.0. The minimum Gasteiger partial charge on any atom is -0.314 e. The van der Waals surface area contributed by atoms with E-state index in [0.717, 1.165) is 35.5 Å². The highest BCUT2D eigenvalue weighted by Gasteiger charge is 2.25. The standard InChI is InChI=1S/C20H24N6O/c1-13(2)26-12-16(14-7-5-4-6-8-14)22-20(26)23-19(27)18-15-11-21-10-9-17(15)25(3)24-18/h4-8,12-13,21H,9-11H2,1-3H3,(H,22,23,27). The summed E-state index contributed by atoms with van der Waals surface area (Å²) in [6, 6.07) is 10.1. The van der Waals surface area contributed by atoms with Gasteiger partial charge in [0.2, 0.25) is 5.95 Å². The van der Waals surface area contributed by atoms with Gasteiger partial charge in [-0.2, -0.15) is 5.10 Å². The summed E-state index contributed by atoms with van der Waals surface area (Å²) >= 11 is 0. The second-order valence-electron chi connectivity index (χ2n) is 7.10. The number of anilines is 1. The molecule has 0 bridgehead atoms. The van der Waals surface area contributed by atoms with Gasteiger partial charge in [-0.25, -0.2) is 4.98 Å². The molecule has 3 heterocycles. The fourth-order valence-corrected chi connectivity index (χ4v) is 3.49. The highest BCUT2D eigenvalue weighted by atomic mass is 16.2. The van der Waals surface area contributed by atoms with Crippen molar-refractivity contribution in [3.8, 4) is 11.3 Å². The van der Waals surface area contributed by atoms with E-state index in [4.69, 9.17) is 0 Å². The van der Waals surface area contributed by atoms with Crippen molar-refractivity contribution in [1.29, 1.82) is 0 Å². The molecule has 1 amide bonds. The van der Waals surface area contributed by atoms with Crippen molar-refractivity contribution in [3.05, 3.63) is 53.5 Å². The average Bonchev–Trinajstić information content (AvgIpc) is 3.25. The number of carbonyl (C=O) groups excluding carboxylic acids is 1. The summed E-state index contributed by atoms with van der Waals surface area (Å²) in [6.45, 7) is 5.71. The molecule has 1 aliphatic rings. The molecular weight excluding hydrogens is 340 g/mol. The summed E-state index contributed by atoms with van der Waals surface area (Å²) in [7, 11) is 1.89. The van der Waals surface area contributed by atoms with Crippen molar-refractivity contribution in [2.45, 2.75) is 32.9 Å². The number of benzene rings is 1. The monoisotopic (exact) mass is 364 g/mol. The molecule has 1 aromatic carbocycles. The van der Waals surface area contributed by atoms with E-state index >= 15 is 0 Å². The summed E-state index contributed by atoms with van der Waals surface area (Å²) in [6.07, 6.45) is 2.86. The first-order valence-electron chi connectivity index (χ1n) is 9.25. The maximum absolute atomic E-state index is 13.0. The molecule has 0 radical (unpaired) electrons. The Balaban J connectivity index is 1.66. The van der Waals surface area contributed by atoms with Gasteiger partial charge in [-0.15, -0.1) is 0 Å². The first-order chi connectivity index (χ1) is 13.0. The van der Waals surface area contributed by atoms with Gasteiger partial charge in [-0.1, -0.05) is 30.3 Å². The normalized spacial score (nSPS) is 13.6. The van der Waals surface area contributed by atoms with Crippen molar-refractivity contribution >= 4 is 11.9 Å². The van der Waals surface area contributed by atoms with Crippen molar-refractivity contribution in [2.24, 2.45) is 7.05 Å². The van der Waals surface area contributed by atoms with E-state index in [0.29, 0.717) is 18.2 Å². The fraction of sp³-hybridized carbons (Fsp3) is 0.350. The number of aryl methyl sites for hydroxylation is 1. The van der Waals surface area contributed by atoms with Crippen LogP contribution in [0.2, 0.25) is 0 Å². The zero-order valence-corrected chi connectivity index (χ0v) is 15.9. The van der Waals surface area contributed by atoms with Crippen LogP contribution in [0, 0.1) is 0 Å². The van der Waals surface area contributed by atoms with Gasteiger partial charge in [0, 0.05) is 55.6 Å². The van der Waals surface area contributed by atoms with Gasteiger partial charge in [0.25, 0.3) is 5.91 Å². The van der Waals surface area contributed by atoms with Crippen molar-refractivity contribution in [2.75, 3.05) is 11.9 Å². The van der Waals surface area contributed by atoms with Gasteiger partial charge in [-0.3, -0.25) is 14.8 Å². The summed E-state index contributed by atoms with van der Waals surface area (Å²) in [4.78, 5) is 17.6. The number of nitrogens with one attached hydrogen (secondary N) is 2. The molecule has 140 valence electrons. The largest absolute Gasteiger partial charge is 0.314 e. The third kappa shape index (κ3) is 3.26. The second kappa shape index (κ2) is 7.00. The Labute approximate surface area is 158 Å². The molecule has 0 unspecified atom stereocenters. The van der Waals surface area contributed by atoms with Gasteiger partial charge < -0.3 is 9.88 Å². The number of amides is 1. The lowest BCUT2D eigenvalue weighted by Crippen LogP contribution is -2.26. The van der Waals surface area contributed by atoms with Crippen LogP contribution in [0.1, 0.15) is 41.6 Å². The third-order valence-corrected chi connectivity index (χ3v) is 4.91. The highest BCUT2D eigenvalue weighted by Crippen LogP contribution is 2.25. The van der Waals surface area contributed by atoms with Crippen LogP contribution in [0.4, 0.5) is 5.95 Å². The molecule has 27 heavy (non-hydrogen) atoms. The molecule has 0 aliphatic carbocycles. The van der Waals surface area contributed by atoms with Crippen molar-refractivity contribution < 1.29 is 4.79 Å². The summed E-state index contributed by atoms with van der Waals surface area (Å²) < 4.78 is 3.79. The van der Waals surface area contributed by atoms with E-state index in [1.807, 2.05) is 52.8 Å². The Morgan fingerprint density at radius 2 is 2.04 bits per heavy atom. The van der Waals surface area contributed by atoms with E-state index in [1.165, 1.54) is 0 Å². The van der Waals surface area contributed by atoms with E-state index in [-0.39, 0.29) is 11.9 Å². The molecular formula is C20H24N6O. The topological polar surface area (TPSA) is 76.8 Å². The highest BCUT2D eigenvalue weighted by molar-refractivity contribution is 6.03. The molecule has 2 N–H and O–H groups in total. The average molecular weight is 364 g/mol. The molecule has 7 nitrogen and oxygen atoms in total. The number of hydrogen-bond donors (Lipinski definition) is 2. The predicted molar refractivity (Wildman–Crippen MR) is 105 cm³/mol. The minimum atomic E-state index is -0.220. The first-order valence-corrected chi connectivity index (χ1v) is 9.25. The lowest BCUT2D eigenvalue weighted by molar-refractivity contribution is 0.101. The molecule has 0 fully saturated rings. The molecule has 0 spiro atoms. The number of hydrogen-bond acceptors (Lipinski definition) is 4. The van der Waals surface area contributed by atoms with Gasteiger partial charge in [0.1, 0.15) is 0 Å². The van der Waals surface area contributed by atoms with Crippen LogP contribution in [-0.2, 0) is 20.0 Å². The van der Waals surface area contributed by atoms with E-state index in [9.17, 15) is 4.79 Å². The first kappa shape index (κ1) is 17.5. The van der Waals surface area contributed by atoms with Crippen LogP contribution < -0.4 is 10.6 Å². The van der Waals surface area contributed by atoms with Crippen molar-refractivity contribution in [1.82, 2.24) is 24.6 Å². The predicted octanol–water partition coefficient (Wildman–Crippen LogP) is 2.76. The van der Waals surface area contributed by atoms with Gasteiger partial charge in [0.05, 0.1) is 5.69 Å². The number of rotatable bonds is 4. The molecule has 3 aromatic rings. The molecule has 0 saturated carbocycles. The minimum absolute atomic E-state index is 0.171.